The zero-order valence-electron chi connectivity index (χ0n) is 12.7. The normalized spacial score (nSPS) is 11.0. The van der Waals surface area contributed by atoms with Gasteiger partial charge in [-0.25, -0.2) is 14.2 Å². The highest BCUT2D eigenvalue weighted by Gasteiger charge is 2.12. The van der Waals surface area contributed by atoms with Crippen LogP contribution in [0, 0.1) is 6.92 Å². The van der Waals surface area contributed by atoms with E-state index in [1.807, 2.05) is 31.5 Å². The topological polar surface area (TPSA) is 70.1 Å². The first-order chi connectivity index (χ1) is 11.3. The Bertz CT molecular complexity index is 987. The largest absolute Gasteiger partial charge is 0.496 e. The lowest BCUT2D eigenvalue weighted by Gasteiger charge is -2.04. The lowest BCUT2D eigenvalue weighted by atomic mass is 10.1. The molecule has 4 heterocycles. The average Bonchev–Trinajstić information content (AvgIpc) is 3.21. The maximum absolute atomic E-state index is 5.38. The summed E-state index contributed by atoms with van der Waals surface area (Å²) in [5, 5.41) is 8.74. The highest BCUT2D eigenvalue weighted by Crippen LogP contribution is 2.29. The van der Waals surface area contributed by atoms with Gasteiger partial charge in [0.2, 0.25) is 0 Å². The van der Waals surface area contributed by atoms with Gasteiger partial charge in [-0.3, -0.25) is 4.98 Å². The highest BCUT2D eigenvalue weighted by molar-refractivity contribution is 5.69. The monoisotopic (exact) mass is 306 g/mol. The molecular weight excluding hydrogens is 292 g/mol. The van der Waals surface area contributed by atoms with Crippen molar-refractivity contribution in [1.82, 2.24) is 29.4 Å². The smallest absolute Gasteiger partial charge is 0.181 e. The number of nitrogens with zero attached hydrogens (tertiary/aromatic N) is 6. The molecule has 0 atom stereocenters. The van der Waals surface area contributed by atoms with Gasteiger partial charge in [0, 0.05) is 41.6 Å². The Morgan fingerprint density at radius 1 is 1.09 bits per heavy atom. The van der Waals surface area contributed by atoms with Gasteiger partial charge in [-0.05, 0) is 19.1 Å². The van der Waals surface area contributed by atoms with E-state index < -0.39 is 0 Å². The van der Waals surface area contributed by atoms with Crippen molar-refractivity contribution in [2.75, 3.05) is 7.11 Å². The Morgan fingerprint density at radius 3 is 2.87 bits per heavy atom. The summed E-state index contributed by atoms with van der Waals surface area (Å²) in [5.74, 6) is 0.758. The molecule has 0 aliphatic heterocycles. The van der Waals surface area contributed by atoms with Gasteiger partial charge >= 0.3 is 0 Å². The summed E-state index contributed by atoms with van der Waals surface area (Å²) in [6.07, 6.45) is 10.8. The van der Waals surface area contributed by atoms with Crippen molar-refractivity contribution in [2.45, 2.75) is 6.92 Å². The average molecular weight is 306 g/mol. The molecule has 7 heteroatoms. The molecule has 0 aromatic carbocycles. The summed E-state index contributed by atoms with van der Waals surface area (Å²) in [6, 6.07) is 3.74. The molecule has 4 aromatic heterocycles. The zero-order chi connectivity index (χ0) is 15.8. The molecule has 0 fully saturated rings. The Kier molecular flexibility index (Phi) is 3.04. The Morgan fingerprint density at radius 2 is 2.00 bits per heavy atom. The summed E-state index contributed by atoms with van der Waals surface area (Å²) in [7, 11) is 1.64. The molecular formula is C16H14N6O. The van der Waals surface area contributed by atoms with Crippen molar-refractivity contribution >= 4 is 5.65 Å². The highest BCUT2D eigenvalue weighted by atomic mass is 16.5. The van der Waals surface area contributed by atoms with E-state index in [9.17, 15) is 0 Å². The van der Waals surface area contributed by atoms with Gasteiger partial charge in [-0.15, -0.1) is 0 Å². The van der Waals surface area contributed by atoms with E-state index in [0.717, 1.165) is 33.9 Å². The van der Waals surface area contributed by atoms with Crippen LogP contribution in [0.2, 0.25) is 0 Å². The Labute approximate surface area is 132 Å². The number of aryl methyl sites for hydroxylation is 1. The number of pyridine rings is 1. The number of fused-ring (bicyclic) bond motifs is 1. The van der Waals surface area contributed by atoms with E-state index in [0.29, 0.717) is 0 Å². The van der Waals surface area contributed by atoms with Crippen LogP contribution < -0.4 is 4.74 Å². The molecule has 0 unspecified atom stereocenters. The van der Waals surface area contributed by atoms with Crippen LogP contribution >= 0.6 is 0 Å². The van der Waals surface area contributed by atoms with Gasteiger partial charge in [0.25, 0.3) is 0 Å². The molecule has 114 valence electrons. The van der Waals surface area contributed by atoms with Crippen molar-refractivity contribution in [1.29, 1.82) is 0 Å². The quantitative estimate of drug-likeness (QED) is 0.581. The predicted molar refractivity (Wildman–Crippen MR) is 84.6 cm³/mol. The van der Waals surface area contributed by atoms with Gasteiger partial charge in [0.15, 0.2) is 5.65 Å². The third kappa shape index (κ3) is 2.22. The number of hydrogen-bond donors (Lipinski definition) is 0. The number of rotatable bonds is 3. The van der Waals surface area contributed by atoms with Crippen molar-refractivity contribution in [3.63, 3.8) is 0 Å². The van der Waals surface area contributed by atoms with Crippen LogP contribution in [0.1, 0.15) is 5.69 Å². The SMILES string of the molecule is COc1ccncc1-c1cnn(-c2cnn3ccc(C)nc23)c1. The molecule has 4 rings (SSSR count). The lowest BCUT2D eigenvalue weighted by Crippen LogP contribution is -1.97. The summed E-state index contributed by atoms with van der Waals surface area (Å²) >= 11 is 0. The van der Waals surface area contributed by atoms with Crippen LogP contribution in [0.3, 0.4) is 0 Å². The molecule has 0 saturated heterocycles. The fourth-order valence-electron chi connectivity index (χ4n) is 2.48. The number of ether oxygens (including phenoxy) is 1. The molecule has 0 aliphatic rings. The lowest BCUT2D eigenvalue weighted by molar-refractivity contribution is 0.416. The first-order valence-electron chi connectivity index (χ1n) is 7.10. The van der Waals surface area contributed by atoms with Crippen LogP contribution in [0.25, 0.3) is 22.5 Å². The van der Waals surface area contributed by atoms with E-state index in [2.05, 4.69) is 20.2 Å². The van der Waals surface area contributed by atoms with Crippen molar-refractivity contribution in [3.05, 3.63) is 55.0 Å². The molecule has 4 aromatic rings. The summed E-state index contributed by atoms with van der Waals surface area (Å²) in [4.78, 5) is 8.69. The van der Waals surface area contributed by atoms with Gasteiger partial charge in [-0.2, -0.15) is 10.2 Å². The minimum Gasteiger partial charge on any atom is -0.496 e. The fourth-order valence-corrected chi connectivity index (χ4v) is 2.48. The summed E-state index contributed by atoms with van der Waals surface area (Å²) in [6.45, 7) is 1.95. The maximum atomic E-state index is 5.38. The first kappa shape index (κ1) is 13.4. The molecule has 23 heavy (non-hydrogen) atoms. The third-order valence-electron chi connectivity index (χ3n) is 3.63. The molecule has 0 spiro atoms. The summed E-state index contributed by atoms with van der Waals surface area (Å²) < 4.78 is 8.87. The minimum absolute atomic E-state index is 0.758. The standard InChI is InChI=1S/C16H14N6O/c1-11-4-6-21-16(20-11)14(9-19-21)22-10-12(7-18-22)13-8-17-5-3-15(13)23-2/h3-10H,1-2H3. The van der Waals surface area contributed by atoms with E-state index in [1.165, 1.54) is 0 Å². The van der Waals surface area contributed by atoms with Crippen LogP contribution in [-0.2, 0) is 0 Å². The first-order valence-corrected chi connectivity index (χ1v) is 7.10. The van der Waals surface area contributed by atoms with Gasteiger partial charge in [0.1, 0.15) is 11.4 Å². The van der Waals surface area contributed by atoms with E-state index >= 15 is 0 Å². The molecule has 0 amide bonds. The molecule has 0 N–H and O–H groups in total. The third-order valence-corrected chi connectivity index (χ3v) is 3.63. The van der Waals surface area contributed by atoms with Gasteiger partial charge < -0.3 is 4.74 Å². The van der Waals surface area contributed by atoms with Crippen LogP contribution in [0.15, 0.2) is 49.3 Å². The Hall–Kier alpha value is -3.22. The van der Waals surface area contributed by atoms with E-state index in [-0.39, 0.29) is 0 Å². The second kappa shape index (κ2) is 5.20. The van der Waals surface area contributed by atoms with Crippen LogP contribution in [0.5, 0.6) is 5.75 Å². The zero-order valence-corrected chi connectivity index (χ0v) is 12.7. The second-order valence-corrected chi connectivity index (χ2v) is 5.12. The van der Waals surface area contributed by atoms with E-state index in [1.54, 1.807) is 41.1 Å². The molecule has 0 radical (unpaired) electrons. The number of methoxy groups -OCH3 is 1. The van der Waals surface area contributed by atoms with Crippen LogP contribution in [0.4, 0.5) is 0 Å². The molecule has 0 saturated carbocycles. The minimum atomic E-state index is 0.758. The molecule has 0 bridgehead atoms. The van der Waals surface area contributed by atoms with Crippen molar-refractivity contribution < 1.29 is 4.74 Å². The predicted octanol–water partition coefficient (Wildman–Crippen LogP) is 2.29. The van der Waals surface area contributed by atoms with Crippen LogP contribution in [-0.4, -0.2) is 36.5 Å². The van der Waals surface area contributed by atoms with E-state index in [4.69, 9.17) is 4.74 Å². The number of aromatic nitrogens is 6. The number of hydrogen-bond acceptors (Lipinski definition) is 5. The van der Waals surface area contributed by atoms with Gasteiger partial charge in [0.05, 0.1) is 19.5 Å². The second-order valence-electron chi connectivity index (χ2n) is 5.12. The van der Waals surface area contributed by atoms with Gasteiger partial charge in [-0.1, -0.05) is 0 Å². The molecule has 0 aliphatic carbocycles. The molecule has 7 nitrogen and oxygen atoms in total. The van der Waals surface area contributed by atoms with Crippen molar-refractivity contribution in [2.24, 2.45) is 0 Å². The Balaban J connectivity index is 1.82. The summed E-state index contributed by atoms with van der Waals surface area (Å²) in [5.41, 5.74) is 4.32. The maximum Gasteiger partial charge on any atom is 0.181 e. The van der Waals surface area contributed by atoms with Crippen molar-refractivity contribution in [3.8, 4) is 22.6 Å². The fraction of sp³-hybridized carbons (Fsp3) is 0.125.